The summed E-state index contributed by atoms with van der Waals surface area (Å²) in [4.78, 5) is 33.9. The molecule has 0 aliphatic carbocycles. The second-order valence-corrected chi connectivity index (χ2v) is 39.5. The summed E-state index contributed by atoms with van der Waals surface area (Å²) in [5, 5.41) is 35.2. The van der Waals surface area contributed by atoms with Gasteiger partial charge in [0.1, 0.15) is 17.2 Å². The van der Waals surface area contributed by atoms with Crippen LogP contribution in [0.15, 0.2) is 146 Å². The van der Waals surface area contributed by atoms with E-state index in [0.717, 1.165) is 0 Å². The molecule has 0 fully saturated rings. The lowest BCUT2D eigenvalue weighted by atomic mass is 9.86. The Balaban J connectivity index is 1.63. The molecule has 0 aliphatic rings. The number of hydrogen-bond donors (Lipinski definition) is 0. The molecule has 0 radical (unpaired) electrons. The van der Waals surface area contributed by atoms with E-state index < -0.39 is 39.7 Å². The third-order valence-corrected chi connectivity index (χ3v) is 28.9. The minimum atomic E-state index is -2.21. The minimum Gasteiger partial charge on any atom is -0.544 e. The zero-order chi connectivity index (χ0) is 63.7. The zero-order valence-corrected chi connectivity index (χ0v) is 54.9. The Morgan fingerprint density at radius 1 is 0.276 bits per heavy atom. The van der Waals surface area contributed by atoms with Crippen LogP contribution in [0.3, 0.4) is 0 Å². The van der Waals surface area contributed by atoms with Gasteiger partial charge < -0.3 is 13.3 Å². The van der Waals surface area contributed by atoms with Crippen LogP contribution in [0.2, 0.25) is 54.4 Å². The molecule has 0 saturated carbocycles. The summed E-state index contributed by atoms with van der Waals surface area (Å²) in [5.74, 6) is 42.4. The Kier molecular flexibility index (Phi) is 19.5. The Morgan fingerprint density at radius 2 is 0.425 bits per heavy atom. The van der Waals surface area contributed by atoms with Gasteiger partial charge in [-0.2, -0.15) is 0 Å². The maximum atomic E-state index is 11.8. The molecule has 0 atom stereocenters. The molecular formula is C72H69N3O9Si3. The number of nitrogens with zero attached hydrogens (tertiary/aromatic N) is 3. The van der Waals surface area contributed by atoms with Crippen LogP contribution in [0.5, 0.6) is 17.2 Å². The summed E-state index contributed by atoms with van der Waals surface area (Å²) in [5.41, 5.74) is 4.67. The van der Waals surface area contributed by atoms with Crippen molar-refractivity contribution in [1.82, 2.24) is 0 Å². The predicted molar refractivity (Wildman–Crippen MR) is 354 cm³/mol. The van der Waals surface area contributed by atoms with Crippen LogP contribution in [0, 0.1) is 101 Å². The number of benzene rings is 7. The van der Waals surface area contributed by atoms with Crippen molar-refractivity contribution >= 4 is 42.0 Å². The third kappa shape index (κ3) is 16.7. The standard InChI is InChI=1S/C72H69N3O9Si3/c1-70(2,3)85(10,11)82-61-40-22-55(23-41-61)31-49-67-64(46-28-52-16-34-58(35-17-52)73(76)77)68(50-32-56-24-42-62(43-25-56)83-86(12,13)71(4,5)6)66(48-30-54-20-38-60(39-21-54)75(80)81)69(65(67)47-29-53-18-36-59(37-19-53)74(78)79)51-33-57-26-44-63(45-27-57)84-87(14,15)72(7,8)9/h16-27,34-45H,1-15H3. The molecule has 0 unspecified atom stereocenters. The fraction of sp³-hybridized carbons (Fsp3) is 0.250. The van der Waals surface area contributed by atoms with E-state index in [4.69, 9.17) is 13.3 Å². The van der Waals surface area contributed by atoms with Gasteiger partial charge >= 0.3 is 0 Å². The van der Waals surface area contributed by atoms with E-state index in [1.807, 2.05) is 72.8 Å². The van der Waals surface area contributed by atoms with Crippen molar-refractivity contribution in [3.05, 3.63) is 243 Å². The highest BCUT2D eigenvalue weighted by Crippen LogP contribution is 2.40. The van der Waals surface area contributed by atoms with Gasteiger partial charge in [-0.15, -0.1) is 0 Å². The first kappa shape index (κ1) is 64.7. The molecule has 7 aromatic carbocycles. The Hall–Kier alpha value is -9.85. The molecule has 0 amide bonds. The minimum absolute atomic E-state index is 0.0476. The van der Waals surface area contributed by atoms with Crippen molar-refractivity contribution in [3.8, 4) is 88.3 Å². The van der Waals surface area contributed by atoms with Crippen molar-refractivity contribution in [3.63, 3.8) is 0 Å². The average Bonchev–Trinajstić information content (AvgIpc) is 2.92. The summed E-state index contributed by atoms with van der Waals surface area (Å²) in [6.07, 6.45) is 0. The lowest BCUT2D eigenvalue weighted by Gasteiger charge is -2.36. The first-order valence-corrected chi connectivity index (χ1v) is 36.9. The van der Waals surface area contributed by atoms with Crippen molar-refractivity contribution in [2.45, 2.75) is 117 Å². The average molecular weight is 1200 g/mol. The normalized spacial score (nSPS) is 11.3. The smallest absolute Gasteiger partial charge is 0.269 e. The highest BCUT2D eigenvalue weighted by atomic mass is 28.4. The van der Waals surface area contributed by atoms with Crippen LogP contribution in [0.1, 0.15) is 129 Å². The van der Waals surface area contributed by atoms with E-state index in [-0.39, 0.29) is 32.2 Å². The van der Waals surface area contributed by atoms with Crippen LogP contribution in [-0.4, -0.2) is 39.7 Å². The van der Waals surface area contributed by atoms with Gasteiger partial charge in [-0.05, 0) is 164 Å². The fourth-order valence-electron chi connectivity index (χ4n) is 7.47. The molecular weight excluding hydrogens is 1140 g/mol. The topological polar surface area (TPSA) is 157 Å². The molecule has 0 heterocycles. The first-order valence-electron chi connectivity index (χ1n) is 28.2. The van der Waals surface area contributed by atoms with Gasteiger partial charge in [-0.25, -0.2) is 0 Å². The molecule has 15 heteroatoms. The molecule has 87 heavy (non-hydrogen) atoms. The SMILES string of the molecule is CC(C)(C)[Si](C)(C)Oc1ccc(C#Cc2c(C#Cc3ccc([N+](=O)[O-])cc3)c(C#Cc3ccc(O[Si](C)(C)C(C)(C)C)cc3)c(C#Cc3ccc([N+](=O)[O-])cc3)c(C#Cc3ccc(O[Si](C)(C)C(C)(C)C)cc3)c2C#Cc2ccc([N+](=O)[O-])cc2)cc1. The Bertz CT molecular complexity index is 3720. The Labute approximate surface area is 515 Å². The van der Waals surface area contributed by atoms with Crippen molar-refractivity contribution < 1.29 is 28.0 Å². The van der Waals surface area contributed by atoms with Gasteiger partial charge in [0, 0.05) is 69.8 Å². The molecule has 0 spiro atoms. The molecule has 7 rings (SSSR count). The summed E-state index contributed by atoms with van der Waals surface area (Å²) in [6.45, 7) is 32.7. The van der Waals surface area contributed by atoms with Crippen molar-refractivity contribution in [2.75, 3.05) is 0 Å². The molecule has 0 saturated heterocycles. The number of nitro benzene ring substituents is 3. The molecule has 0 aromatic heterocycles. The van der Waals surface area contributed by atoms with E-state index in [1.165, 1.54) is 36.4 Å². The number of nitro groups is 3. The molecule has 0 N–H and O–H groups in total. The van der Waals surface area contributed by atoms with Crippen LogP contribution in [0.25, 0.3) is 0 Å². The second-order valence-electron chi connectivity index (χ2n) is 25.3. The van der Waals surface area contributed by atoms with Crippen LogP contribution in [0.4, 0.5) is 17.1 Å². The lowest BCUT2D eigenvalue weighted by Crippen LogP contribution is -2.43. The number of rotatable bonds is 9. The summed E-state index contributed by atoms with van der Waals surface area (Å²) < 4.78 is 19.9. The van der Waals surface area contributed by atoms with E-state index >= 15 is 0 Å². The van der Waals surface area contributed by atoms with Gasteiger partial charge in [-0.3, -0.25) is 30.3 Å². The van der Waals surface area contributed by atoms with Crippen LogP contribution >= 0.6 is 0 Å². The molecule has 12 nitrogen and oxygen atoms in total. The second kappa shape index (κ2) is 26.2. The summed E-state index contributed by atoms with van der Waals surface area (Å²) >= 11 is 0. The largest absolute Gasteiger partial charge is 0.544 e. The van der Waals surface area contributed by atoms with Crippen molar-refractivity contribution in [1.29, 1.82) is 0 Å². The van der Waals surface area contributed by atoms with Gasteiger partial charge in [0.2, 0.25) is 25.0 Å². The quantitative estimate of drug-likeness (QED) is 0.0594. The molecule has 0 aliphatic heterocycles. The van der Waals surface area contributed by atoms with E-state index in [1.54, 1.807) is 36.4 Å². The summed E-state index contributed by atoms with van der Waals surface area (Å²) in [6, 6.07) is 40.2. The maximum Gasteiger partial charge on any atom is 0.269 e. The van der Waals surface area contributed by atoms with E-state index in [0.29, 0.717) is 84.0 Å². The molecule has 7 aromatic rings. The Morgan fingerprint density at radius 3 is 0.563 bits per heavy atom. The number of non-ortho nitro benzene ring substituents is 3. The first-order chi connectivity index (χ1) is 40.7. The van der Waals surface area contributed by atoms with E-state index in [2.05, 4.69) is 173 Å². The van der Waals surface area contributed by atoms with Gasteiger partial charge in [0.25, 0.3) is 17.1 Å². The van der Waals surface area contributed by atoms with E-state index in [9.17, 15) is 30.3 Å². The highest BCUT2D eigenvalue weighted by Gasteiger charge is 2.41. The van der Waals surface area contributed by atoms with Crippen molar-refractivity contribution in [2.24, 2.45) is 0 Å². The van der Waals surface area contributed by atoms with Crippen LogP contribution < -0.4 is 13.3 Å². The third-order valence-electron chi connectivity index (χ3n) is 15.8. The number of hydrogen-bond acceptors (Lipinski definition) is 9. The lowest BCUT2D eigenvalue weighted by molar-refractivity contribution is -0.385. The predicted octanol–water partition coefficient (Wildman–Crippen LogP) is 17.0. The fourth-order valence-corrected chi connectivity index (χ4v) is 10.6. The zero-order valence-electron chi connectivity index (χ0n) is 51.9. The van der Waals surface area contributed by atoms with Gasteiger partial charge in [0.15, 0.2) is 0 Å². The molecule has 438 valence electrons. The monoisotopic (exact) mass is 1200 g/mol. The highest BCUT2D eigenvalue weighted by molar-refractivity contribution is 6.75. The van der Waals surface area contributed by atoms with Gasteiger partial charge in [-0.1, -0.05) is 133 Å². The maximum absolute atomic E-state index is 11.8. The summed E-state index contributed by atoms with van der Waals surface area (Å²) in [7, 11) is -6.62. The van der Waals surface area contributed by atoms with Crippen LogP contribution in [-0.2, 0) is 0 Å². The van der Waals surface area contributed by atoms with Gasteiger partial charge in [0.05, 0.1) is 48.2 Å². The molecule has 0 bridgehead atoms.